The fraction of sp³-hybridized carbons (Fsp3) is 0.0435. The quantitative estimate of drug-likeness (QED) is 0.119. The lowest BCUT2D eigenvalue weighted by Crippen LogP contribution is -2.27. The van der Waals surface area contributed by atoms with Crippen LogP contribution in [0.5, 0.6) is 11.5 Å². The number of hydrogen-bond donors (Lipinski definition) is 0. The number of hydrogen-bond acceptors (Lipinski definition) is 6. The highest BCUT2D eigenvalue weighted by Crippen LogP contribution is 2.41. The smallest absolute Gasteiger partial charge is 0.416 e. The van der Waals surface area contributed by atoms with Crippen molar-refractivity contribution in [2.75, 3.05) is 4.90 Å². The van der Waals surface area contributed by atoms with Crippen LogP contribution in [0.4, 0.5) is 24.5 Å². The number of thiocarbonyl (C=S) groups is 1. The Kier molecular flexibility index (Phi) is 7.55. The van der Waals surface area contributed by atoms with Crippen LogP contribution in [0, 0.1) is 10.1 Å². The average Bonchev–Trinajstić information content (AvgIpc) is 3.07. The van der Waals surface area contributed by atoms with E-state index >= 15 is 0 Å². The summed E-state index contributed by atoms with van der Waals surface area (Å²) in [7, 11) is 0. The third kappa shape index (κ3) is 5.64. The number of nitrogens with zero attached hydrogens (tertiary/aromatic N) is 2. The zero-order chi connectivity index (χ0) is 26.2. The Bertz CT molecular complexity index is 1450. The average molecular weight is 660 g/mol. The van der Waals surface area contributed by atoms with Crippen LogP contribution in [0.3, 0.4) is 0 Å². The summed E-state index contributed by atoms with van der Waals surface area (Å²) in [6.45, 7) is 0. The van der Waals surface area contributed by atoms with Crippen LogP contribution in [0.1, 0.15) is 11.1 Å². The number of alkyl halides is 3. The van der Waals surface area contributed by atoms with Crippen LogP contribution < -0.4 is 9.64 Å². The van der Waals surface area contributed by atoms with Crippen LogP contribution in [0.2, 0.25) is 0 Å². The second-order valence-corrected chi connectivity index (χ2v) is 10.7. The summed E-state index contributed by atoms with van der Waals surface area (Å²) >= 11 is 13.1. The van der Waals surface area contributed by atoms with Gasteiger partial charge in [0.15, 0.2) is 4.32 Å². The molecule has 1 heterocycles. The number of carbonyl (C=O) groups excluding carboxylic acids is 1. The third-order valence-corrected chi connectivity index (χ3v) is 7.11. The monoisotopic (exact) mass is 658 g/mol. The van der Waals surface area contributed by atoms with Gasteiger partial charge in [0.1, 0.15) is 5.75 Å². The van der Waals surface area contributed by atoms with Crippen molar-refractivity contribution in [3.05, 3.63) is 95.8 Å². The van der Waals surface area contributed by atoms with Crippen molar-refractivity contribution >= 4 is 83.5 Å². The van der Waals surface area contributed by atoms with E-state index in [1.54, 1.807) is 30.3 Å². The molecule has 0 spiro atoms. The van der Waals surface area contributed by atoms with Crippen molar-refractivity contribution in [3.63, 3.8) is 0 Å². The third-order valence-electron chi connectivity index (χ3n) is 4.82. The molecule has 0 saturated carbocycles. The molecule has 1 aliphatic heterocycles. The molecule has 6 nitrogen and oxygen atoms in total. The fourth-order valence-electron chi connectivity index (χ4n) is 3.21. The minimum atomic E-state index is -4.75. The summed E-state index contributed by atoms with van der Waals surface area (Å²) < 4.78 is 46.5. The molecular formula is C23H11Br2F3N2O4S2. The highest BCUT2D eigenvalue weighted by Gasteiger charge is 2.35. The number of halogens is 5. The predicted octanol–water partition coefficient (Wildman–Crippen LogP) is 8.34. The Hall–Kier alpha value is -2.74. The van der Waals surface area contributed by atoms with Crippen molar-refractivity contribution < 1.29 is 27.6 Å². The Labute approximate surface area is 228 Å². The highest BCUT2D eigenvalue weighted by molar-refractivity contribution is 9.10. The first-order valence-corrected chi connectivity index (χ1v) is 12.6. The molecule has 1 fully saturated rings. The number of anilines is 1. The number of amides is 1. The molecule has 3 aromatic rings. The van der Waals surface area contributed by atoms with Gasteiger partial charge in [0.2, 0.25) is 5.75 Å². The van der Waals surface area contributed by atoms with Gasteiger partial charge in [-0.25, -0.2) is 0 Å². The standard InChI is InChI=1S/C23H11Br2F3N2O4S2/c24-14-2-1-3-16(11-14)29-21(31)20(36-22(29)35)9-12-8-15(25)5-7-18(12)34-19-6-4-13(23(26,27)28)10-17(19)30(32)33/h1-11H/b20-9+. The topological polar surface area (TPSA) is 72.7 Å². The Balaban J connectivity index is 1.71. The number of thioether (sulfide) groups is 1. The molecule has 1 saturated heterocycles. The maximum atomic E-state index is 13.1. The van der Waals surface area contributed by atoms with Crippen molar-refractivity contribution in [3.8, 4) is 11.5 Å². The molecule has 4 rings (SSSR count). The molecule has 0 aromatic heterocycles. The van der Waals surface area contributed by atoms with Gasteiger partial charge >= 0.3 is 11.9 Å². The Morgan fingerprint density at radius 1 is 1.03 bits per heavy atom. The van der Waals surface area contributed by atoms with E-state index in [0.29, 0.717) is 32.2 Å². The van der Waals surface area contributed by atoms with Gasteiger partial charge in [-0.05, 0) is 54.6 Å². The van der Waals surface area contributed by atoms with Gasteiger partial charge in [-0.2, -0.15) is 13.2 Å². The minimum absolute atomic E-state index is 0.0915. The van der Waals surface area contributed by atoms with E-state index in [2.05, 4.69) is 31.9 Å². The van der Waals surface area contributed by atoms with Gasteiger partial charge in [-0.1, -0.05) is 61.9 Å². The first-order valence-electron chi connectivity index (χ1n) is 9.80. The predicted molar refractivity (Wildman–Crippen MR) is 142 cm³/mol. The lowest BCUT2D eigenvalue weighted by Gasteiger charge is -2.14. The van der Waals surface area contributed by atoms with Gasteiger partial charge in [-0.15, -0.1) is 0 Å². The van der Waals surface area contributed by atoms with Crippen LogP contribution in [-0.4, -0.2) is 15.2 Å². The zero-order valence-corrected chi connectivity index (χ0v) is 22.4. The number of ether oxygens (including phenoxy) is 1. The molecule has 1 amide bonds. The SMILES string of the molecule is O=C1/C(=C\c2cc(Br)ccc2Oc2ccc(C(F)(F)F)cc2[N+](=O)[O-])SC(=S)N1c1cccc(Br)c1. The molecule has 1 aliphatic rings. The largest absolute Gasteiger partial charge is 0.449 e. The van der Waals surface area contributed by atoms with Gasteiger partial charge in [0, 0.05) is 20.6 Å². The zero-order valence-electron chi connectivity index (χ0n) is 17.6. The second kappa shape index (κ2) is 10.3. The number of nitro benzene ring substituents is 1. The molecule has 184 valence electrons. The molecule has 0 atom stereocenters. The van der Waals surface area contributed by atoms with E-state index in [-0.39, 0.29) is 22.3 Å². The number of carbonyl (C=O) groups is 1. The van der Waals surface area contributed by atoms with Gasteiger partial charge in [0.05, 0.1) is 21.1 Å². The molecule has 0 radical (unpaired) electrons. The summed E-state index contributed by atoms with van der Waals surface area (Å²) in [5.74, 6) is -0.671. The lowest BCUT2D eigenvalue weighted by molar-refractivity contribution is -0.385. The first kappa shape index (κ1) is 26.3. The van der Waals surface area contributed by atoms with E-state index in [9.17, 15) is 28.1 Å². The molecule has 36 heavy (non-hydrogen) atoms. The molecule has 3 aromatic carbocycles. The second-order valence-electron chi connectivity index (χ2n) is 7.22. The normalized spacial score (nSPS) is 15.0. The van der Waals surface area contributed by atoms with E-state index in [1.165, 1.54) is 17.0 Å². The highest BCUT2D eigenvalue weighted by atomic mass is 79.9. The van der Waals surface area contributed by atoms with E-state index < -0.39 is 22.4 Å². The lowest BCUT2D eigenvalue weighted by atomic mass is 10.1. The summed E-state index contributed by atoms with van der Waals surface area (Å²) in [5.41, 5.74) is -1.09. The molecule has 0 N–H and O–H groups in total. The summed E-state index contributed by atoms with van der Waals surface area (Å²) in [6, 6.07) is 13.7. The number of rotatable bonds is 5. The number of benzene rings is 3. The van der Waals surface area contributed by atoms with Crippen LogP contribution in [-0.2, 0) is 11.0 Å². The molecule has 0 bridgehead atoms. The molecular weight excluding hydrogens is 649 g/mol. The minimum Gasteiger partial charge on any atom is -0.449 e. The van der Waals surface area contributed by atoms with Gasteiger partial charge in [0.25, 0.3) is 5.91 Å². The molecule has 13 heteroatoms. The Morgan fingerprint density at radius 2 is 1.72 bits per heavy atom. The van der Waals surface area contributed by atoms with Crippen LogP contribution in [0.25, 0.3) is 6.08 Å². The number of nitro groups is 1. The maximum Gasteiger partial charge on any atom is 0.416 e. The maximum absolute atomic E-state index is 13.1. The van der Waals surface area contributed by atoms with Crippen molar-refractivity contribution in [2.24, 2.45) is 0 Å². The summed E-state index contributed by atoms with van der Waals surface area (Å²) in [6.07, 6.45) is -3.25. The summed E-state index contributed by atoms with van der Waals surface area (Å²) in [5, 5.41) is 11.5. The van der Waals surface area contributed by atoms with Crippen molar-refractivity contribution in [2.45, 2.75) is 6.18 Å². The van der Waals surface area contributed by atoms with Crippen molar-refractivity contribution in [1.82, 2.24) is 0 Å². The van der Waals surface area contributed by atoms with Crippen LogP contribution >= 0.6 is 55.8 Å². The first-order chi connectivity index (χ1) is 16.9. The van der Waals surface area contributed by atoms with E-state index in [4.69, 9.17) is 17.0 Å². The van der Waals surface area contributed by atoms with E-state index in [0.717, 1.165) is 22.3 Å². The molecule has 0 aliphatic carbocycles. The fourth-order valence-corrected chi connectivity index (χ4v) is 5.27. The molecule has 0 unspecified atom stereocenters. The van der Waals surface area contributed by atoms with E-state index in [1.807, 2.05) is 6.07 Å². The van der Waals surface area contributed by atoms with Gasteiger partial charge in [-0.3, -0.25) is 19.8 Å². The summed E-state index contributed by atoms with van der Waals surface area (Å²) in [4.78, 5) is 25.3. The van der Waals surface area contributed by atoms with Crippen molar-refractivity contribution in [1.29, 1.82) is 0 Å². The Morgan fingerprint density at radius 3 is 2.39 bits per heavy atom. The van der Waals surface area contributed by atoms with Crippen LogP contribution in [0.15, 0.2) is 74.5 Å². The van der Waals surface area contributed by atoms with Gasteiger partial charge < -0.3 is 4.74 Å².